The number of amides is 3. The Morgan fingerprint density at radius 3 is 2.58 bits per heavy atom. The van der Waals surface area contributed by atoms with Crippen LogP contribution in [-0.2, 0) is 23.3 Å². The molecule has 0 spiro atoms. The van der Waals surface area contributed by atoms with Crippen LogP contribution in [0.1, 0.15) is 42.3 Å². The lowest BCUT2D eigenvalue weighted by atomic mass is 9.88. The highest BCUT2D eigenvalue weighted by molar-refractivity contribution is 6.07. The number of aromatic nitrogens is 1. The van der Waals surface area contributed by atoms with E-state index in [-0.39, 0.29) is 12.5 Å². The second-order valence-corrected chi connectivity index (χ2v) is 6.23. The zero-order valence-electron chi connectivity index (χ0n) is 14.3. The summed E-state index contributed by atoms with van der Waals surface area (Å²) >= 11 is 0. The molecule has 1 unspecified atom stereocenters. The van der Waals surface area contributed by atoms with Crippen molar-refractivity contribution >= 4 is 11.9 Å². The summed E-state index contributed by atoms with van der Waals surface area (Å²) in [5.74, 6) is 0.872. The van der Waals surface area contributed by atoms with Gasteiger partial charge in [-0.15, -0.1) is 0 Å². The molecule has 1 atom stereocenters. The highest BCUT2D eigenvalue weighted by atomic mass is 16.4. The Hall–Kier alpha value is -2.63. The van der Waals surface area contributed by atoms with Crippen LogP contribution in [0.25, 0.3) is 0 Å². The molecular formula is C18H21N3O3. The number of nitrogens with zero attached hydrogens (tertiary/aromatic N) is 2. The first-order valence-electron chi connectivity index (χ1n) is 8.02. The number of carbonyl (C=O) groups is 2. The Bertz CT molecular complexity index is 812. The molecule has 3 amide bonds. The molecule has 0 radical (unpaired) electrons. The normalized spacial score (nSPS) is 20.6. The van der Waals surface area contributed by atoms with Gasteiger partial charge in [-0.05, 0) is 31.9 Å². The van der Waals surface area contributed by atoms with Gasteiger partial charge in [0.2, 0.25) is 0 Å². The fourth-order valence-corrected chi connectivity index (χ4v) is 3.09. The van der Waals surface area contributed by atoms with Crippen LogP contribution in [0.2, 0.25) is 0 Å². The van der Waals surface area contributed by atoms with E-state index in [1.807, 2.05) is 45.0 Å². The third kappa shape index (κ3) is 2.48. The molecule has 1 aliphatic rings. The van der Waals surface area contributed by atoms with E-state index in [0.717, 1.165) is 11.1 Å². The lowest BCUT2D eigenvalue weighted by Gasteiger charge is -2.24. The van der Waals surface area contributed by atoms with Crippen molar-refractivity contribution in [2.45, 2.75) is 46.2 Å². The van der Waals surface area contributed by atoms with E-state index < -0.39 is 11.6 Å². The summed E-state index contributed by atoms with van der Waals surface area (Å²) in [6, 6.07) is 7.15. The van der Waals surface area contributed by atoms with E-state index in [0.29, 0.717) is 23.8 Å². The zero-order chi connectivity index (χ0) is 17.5. The molecular weight excluding hydrogens is 306 g/mol. The van der Waals surface area contributed by atoms with E-state index in [1.54, 1.807) is 6.92 Å². The van der Waals surface area contributed by atoms with E-state index >= 15 is 0 Å². The first-order chi connectivity index (χ1) is 11.4. The number of hydrogen-bond acceptors (Lipinski definition) is 4. The van der Waals surface area contributed by atoms with Gasteiger partial charge in [0.15, 0.2) is 5.89 Å². The molecule has 24 heavy (non-hydrogen) atoms. The molecule has 1 saturated heterocycles. The fourth-order valence-electron chi connectivity index (χ4n) is 3.09. The molecule has 2 aromatic rings. The van der Waals surface area contributed by atoms with Gasteiger partial charge in [-0.1, -0.05) is 31.2 Å². The van der Waals surface area contributed by atoms with Crippen LogP contribution in [0.5, 0.6) is 0 Å². The first kappa shape index (κ1) is 16.2. The minimum Gasteiger partial charge on any atom is -0.444 e. The Morgan fingerprint density at radius 2 is 1.96 bits per heavy atom. The number of imide groups is 1. The van der Waals surface area contributed by atoms with Gasteiger partial charge in [0.05, 0.1) is 12.2 Å². The number of nitrogens with one attached hydrogen (secondary N) is 1. The van der Waals surface area contributed by atoms with Crippen molar-refractivity contribution in [1.29, 1.82) is 0 Å². The SMILES string of the molecule is CCc1nc(C)c(CN2C(=O)NC(C)(c3ccccc3C)C2=O)o1. The number of benzene rings is 1. The highest BCUT2D eigenvalue weighted by Gasteiger charge is 2.49. The molecule has 0 saturated carbocycles. The van der Waals surface area contributed by atoms with Crippen molar-refractivity contribution < 1.29 is 14.0 Å². The summed E-state index contributed by atoms with van der Waals surface area (Å²) in [7, 11) is 0. The molecule has 0 bridgehead atoms. The molecule has 6 nitrogen and oxygen atoms in total. The standard InChI is InChI=1S/C18H21N3O3/c1-5-15-19-12(3)14(24-15)10-21-16(22)18(4,20-17(21)23)13-9-7-6-8-11(13)2/h6-9H,5,10H2,1-4H3,(H,20,23). The first-order valence-corrected chi connectivity index (χ1v) is 8.02. The molecule has 126 valence electrons. The number of rotatable bonds is 4. The van der Waals surface area contributed by atoms with Crippen LogP contribution < -0.4 is 5.32 Å². The average Bonchev–Trinajstić information content (AvgIpc) is 3.01. The molecule has 6 heteroatoms. The molecule has 1 N–H and O–H groups in total. The largest absolute Gasteiger partial charge is 0.444 e. The number of aryl methyl sites for hydroxylation is 3. The van der Waals surface area contributed by atoms with Gasteiger partial charge in [0.1, 0.15) is 11.3 Å². The van der Waals surface area contributed by atoms with Gasteiger partial charge < -0.3 is 9.73 Å². The summed E-state index contributed by atoms with van der Waals surface area (Å²) in [5.41, 5.74) is 1.40. The van der Waals surface area contributed by atoms with Crippen molar-refractivity contribution in [3.63, 3.8) is 0 Å². The van der Waals surface area contributed by atoms with E-state index in [9.17, 15) is 9.59 Å². The van der Waals surface area contributed by atoms with Crippen LogP contribution in [0.4, 0.5) is 4.79 Å². The second-order valence-electron chi connectivity index (χ2n) is 6.23. The lowest BCUT2D eigenvalue weighted by molar-refractivity contribution is -0.131. The Morgan fingerprint density at radius 1 is 1.25 bits per heavy atom. The summed E-state index contributed by atoms with van der Waals surface area (Å²) in [6.07, 6.45) is 0.669. The molecule has 1 aliphatic heterocycles. The number of urea groups is 1. The maximum Gasteiger partial charge on any atom is 0.325 e. The van der Waals surface area contributed by atoms with E-state index in [2.05, 4.69) is 10.3 Å². The number of hydrogen-bond donors (Lipinski definition) is 1. The van der Waals surface area contributed by atoms with Crippen molar-refractivity contribution in [3.05, 3.63) is 52.7 Å². The van der Waals surface area contributed by atoms with Crippen molar-refractivity contribution in [2.24, 2.45) is 0 Å². The Kier molecular flexibility index (Phi) is 3.91. The number of carbonyl (C=O) groups excluding carboxylic acids is 2. The quantitative estimate of drug-likeness (QED) is 0.876. The smallest absolute Gasteiger partial charge is 0.325 e. The van der Waals surface area contributed by atoms with Gasteiger partial charge in [-0.3, -0.25) is 9.69 Å². The lowest BCUT2D eigenvalue weighted by Crippen LogP contribution is -2.41. The number of oxazole rings is 1. The second kappa shape index (κ2) is 5.78. The molecule has 3 rings (SSSR count). The maximum atomic E-state index is 13.0. The van der Waals surface area contributed by atoms with Crippen LogP contribution in [0, 0.1) is 13.8 Å². The van der Waals surface area contributed by atoms with Gasteiger partial charge in [0.25, 0.3) is 5.91 Å². The maximum absolute atomic E-state index is 13.0. The summed E-state index contributed by atoms with van der Waals surface area (Å²) in [4.78, 5) is 30.9. The fraction of sp³-hybridized carbons (Fsp3) is 0.389. The van der Waals surface area contributed by atoms with Crippen molar-refractivity contribution in [3.8, 4) is 0 Å². The van der Waals surface area contributed by atoms with Gasteiger partial charge >= 0.3 is 6.03 Å². The third-order valence-electron chi connectivity index (χ3n) is 4.50. The minimum absolute atomic E-state index is 0.0883. The Labute approximate surface area is 140 Å². The zero-order valence-corrected chi connectivity index (χ0v) is 14.3. The van der Waals surface area contributed by atoms with Crippen LogP contribution in [0.3, 0.4) is 0 Å². The van der Waals surface area contributed by atoms with Crippen LogP contribution >= 0.6 is 0 Å². The molecule has 0 aliphatic carbocycles. The van der Waals surface area contributed by atoms with Crippen LogP contribution in [0.15, 0.2) is 28.7 Å². The molecule has 2 heterocycles. The topological polar surface area (TPSA) is 75.4 Å². The predicted octanol–water partition coefficient (Wildman–Crippen LogP) is 2.82. The Balaban J connectivity index is 1.92. The third-order valence-corrected chi connectivity index (χ3v) is 4.50. The molecule has 1 aromatic carbocycles. The van der Waals surface area contributed by atoms with Gasteiger partial charge in [-0.2, -0.15) is 0 Å². The molecule has 1 fully saturated rings. The monoisotopic (exact) mass is 327 g/mol. The van der Waals surface area contributed by atoms with Crippen molar-refractivity contribution in [2.75, 3.05) is 0 Å². The van der Waals surface area contributed by atoms with E-state index in [4.69, 9.17) is 4.42 Å². The molecule has 1 aromatic heterocycles. The van der Waals surface area contributed by atoms with Gasteiger partial charge in [-0.25, -0.2) is 9.78 Å². The minimum atomic E-state index is -1.07. The van der Waals surface area contributed by atoms with E-state index in [1.165, 1.54) is 4.90 Å². The highest BCUT2D eigenvalue weighted by Crippen LogP contribution is 2.32. The van der Waals surface area contributed by atoms with Crippen LogP contribution in [-0.4, -0.2) is 21.8 Å². The summed E-state index contributed by atoms with van der Waals surface area (Å²) in [6.45, 7) is 7.51. The average molecular weight is 327 g/mol. The van der Waals surface area contributed by atoms with Crippen molar-refractivity contribution in [1.82, 2.24) is 15.2 Å². The summed E-state index contributed by atoms with van der Waals surface area (Å²) < 4.78 is 5.63. The van der Waals surface area contributed by atoms with Gasteiger partial charge in [0, 0.05) is 6.42 Å². The summed E-state index contributed by atoms with van der Waals surface area (Å²) in [5, 5.41) is 2.82. The predicted molar refractivity (Wildman–Crippen MR) is 88.2 cm³/mol.